The number of hydrogen-bond acceptors (Lipinski definition) is 8. The maximum atomic E-state index is 13.6. The highest BCUT2D eigenvalue weighted by atomic mass is 16.6. The molecular formula is C28H25N5O5. The number of amides is 2. The molecule has 2 aromatic heterocycles. The van der Waals surface area contributed by atoms with Gasteiger partial charge >= 0.3 is 0 Å². The first-order chi connectivity index (χ1) is 18.5. The Kier molecular flexibility index (Phi) is 5.14. The molecule has 2 aromatic carbocycles. The van der Waals surface area contributed by atoms with Crippen LogP contribution in [0.1, 0.15) is 27.2 Å². The highest BCUT2D eigenvalue weighted by Crippen LogP contribution is 2.39. The summed E-state index contributed by atoms with van der Waals surface area (Å²) in [5, 5.41) is 10.4. The second-order valence-electron chi connectivity index (χ2n) is 9.71. The minimum Gasteiger partial charge on any atom is -0.497 e. The van der Waals surface area contributed by atoms with Crippen LogP contribution < -0.4 is 20.7 Å². The van der Waals surface area contributed by atoms with Crippen LogP contribution in [0.4, 0.5) is 5.69 Å². The fourth-order valence-corrected chi connectivity index (χ4v) is 5.25. The molecule has 10 nitrogen and oxygen atoms in total. The maximum absolute atomic E-state index is 13.6. The van der Waals surface area contributed by atoms with Gasteiger partial charge in [-0.1, -0.05) is 36.4 Å². The van der Waals surface area contributed by atoms with E-state index in [1.165, 1.54) is 0 Å². The third-order valence-corrected chi connectivity index (χ3v) is 7.35. The summed E-state index contributed by atoms with van der Waals surface area (Å²) in [6, 6.07) is 19.2. The monoisotopic (exact) mass is 511 g/mol. The summed E-state index contributed by atoms with van der Waals surface area (Å²) < 4.78 is 17.1. The van der Waals surface area contributed by atoms with Gasteiger partial charge in [0.05, 0.1) is 19.0 Å². The second kappa shape index (κ2) is 8.57. The number of furan rings is 1. The Hall–Kier alpha value is -4.41. The summed E-state index contributed by atoms with van der Waals surface area (Å²) in [7, 11) is 1.56. The molecule has 5 heterocycles. The number of anilines is 1. The average molecular weight is 512 g/mol. The lowest BCUT2D eigenvalue weighted by Gasteiger charge is -2.36. The SMILES string of the molecule is COc1ccc2c(c1)C(=O)N(CC1(c3cc4c(NCc5ccccc5)ccnc4o3)NC3OC3NC1=O)C2. The summed E-state index contributed by atoms with van der Waals surface area (Å²) in [5.74, 6) is 0.471. The van der Waals surface area contributed by atoms with Crippen LogP contribution in [0.25, 0.3) is 11.1 Å². The van der Waals surface area contributed by atoms with Crippen molar-refractivity contribution in [2.45, 2.75) is 31.1 Å². The number of pyridine rings is 1. The Labute approximate surface area is 217 Å². The molecule has 0 bridgehead atoms. The molecule has 7 rings (SSSR count). The van der Waals surface area contributed by atoms with Gasteiger partial charge in [-0.15, -0.1) is 0 Å². The molecule has 3 unspecified atom stereocenters. The van der Waals surface area contributed by atoms with Crippen LogP contribution in [-0.4, -0.2) is 47.8 Å². The van der Waals surface area contributed by atoms with Gasteiger partial charge in [0.25, 0.3) is 11.8 Å². The molecule has 3 aliphatic heterocycles. The highest BCUT2D eigenvalue weighted by molar-refractivity contribution is 6.00. The van der Waals surface area contributed by atoms with Gasteiger partial charge < -0.3 is 29.4 Å². The van der Waals surface area contributed by atoms with E-state index in [9.17, 15) is 9.59 Å². The predicted octanol–water partition coefficient (Wildman–Crippen LogP) is 2.70. The van der Waals surface area contributed by atoms with Gasteiger partial charge in [0, 0.05) is 30.5 Å². The predicted molar refractivity (Wildman–Crippen MR) is 137 cm³/mol. The van der Waals surface area contributed by atoms with Crippen LogP contribution in [0.15, 0.2) is 71.3 Å². The van der Waals surface area contributed by atoms with Crippen LogP contribution >= 0.6 is 0 Å². The number of piperazine rings is 1. The van der Waals surface area contributed by atoms with Gasteiger partial charge in [-0.25, -0.2) is 4.98 Å². The van der Waals surface area contributed by atoms with E-state index in [0.29, 0.717) is 35.9 Å². The Bertz CT molecular complexity index is 1570. The molecule has 2 fully saturated rings. The third kappa shape index (κ3) is 3.68. The molecule has 0 saturated carbocycles. The number of carbonyl (C=O) groups is 2. The molecule has 3 N–H and O–H groups in total. The van der Waals surface area contributed by atoms with Crippen LogP contribution in [0.5, 0.6) is 5.75 Å². The van der Waals surface area contributed by atoms with Gasteiger partial charge in [0.15, 0.2) is 18.0 Å². The number of hydrogen-bond donors (Lipinski definition) is 3. The van der Waals surface area contributed by atoms with Crippen LogP contribution in [-0.2, 0) is 28.2 Å². The second-order valence-corrected chi connectivity index (χ2v) is 9.71. The number of nitrogens with one attached hydrogen (secondary N) is 3. The molecule has 3 atom stereocenters. The fourth-order valence-electron chi connectivity index (χ4n) is 5.25. The molecule has 0 aliphatic carbocycles. The van der Waals surface area contributed by atoms with Crippen molar-refractivity contribution in [3.63, 3.8) is 0 Å². The zero-order valence-corrected chi connectivity index (χ0v) is 20.6. The van der Waals surface area contributed by atoms with E-state index >= 15 is 0 Å². The number of nitrogens with zero attached hydrogens (tertiary/aromatic N) is 2. The molecule has 38 heavy (non-hydrogen) atoms. The van der Waals surface area contributed by atoms with Crippen molar-refractivity contribution in [3.05, 3.63) is 89.3 Å². The molecule has 4 aromatic rings. The molecular weight excluding hydrogens is 486 g/mol. The fraction of sp³-hybridized carbons (Fsp3) is 0.250. The number of methoxy groups -OCH3 is 1. The third-order valence-electron chi connectivity index (χ3n) is 7.35. The van der Waals surface area contributed by atoms with Crippen molar-refractivity contribution in [1.82, 2.24) is 20.5 Å². The lowest BCUT2D eigenvalue weighted by Crippen LogP contribution is -2.65. The number of benzene rings is 2. The minimum absolute atomic E-state index is 0.0494. The van der Waals surface area contributed by atoms with Crippen LogP contribution in [0, 0.1) is 0 Å². The zero-order chi connectivity index (χ0) is 25.9. The van der Waals surface area contributed by atoms with Crippen molar-refractivity contribution >= 4 is 28.6 Å². The summed E-state index contributed by atoms with van der Waals surface area (Å²) in [4.78, 5) is 33.0. The van der Waals surface area contributed by atoms with Crippen molar-refractivity contribution in [2.24, 2.45) is 0 Å². The standard InChI is InChI=1S/C28H25N5O5/c1-36-18-8-7-17-14-33(26(34)19(17)11-18)15-28(27(35)31-24-25(32-28)38-24)22-12-20-21(9-10-29-23(20)37-22)30-13-16-5-3-2-4-6-16/h2-12,24-25,32H,13-15H2,1H3,(H,29,30)(H,31,35). The molecule has 192 valence electrons. The van der Waals surface area contributed by atoms with Gasteiger partial charge in [-0.05, 0) is 35.4 Å². The summed E-state index contributed by atoms with van der Waals surface area (Å²) in [6.07, 6.45) is 0.902. The van der Waals surface area contributed by atoms with Gasteiger partial charge in [-0.3, -0.25) is 14.9 Å². The topological polar surface area (TPSA) is 121 Å². The first-order valence-corrected chi connectivity index (χ1v) is 12.4. The number of aromatic nitrogens is 1. The van der Waals surface area contributed by atoms with Crippen LogP contribution in [0.3, 0.4) is 0 Å². The quantitative estimate of drug-likeness (QED) is 0.324. The van der Waals surface area contributed by atoms with E-state index in [-0.39, 0.29) is 24.6 Å². The van der Waals surface area contributed by atoms with Crippen LogP contribution in [0.2, 0.25) is 0 Å². The maximum Gasteiger partial charge on any atom is 0.254 e. The van der Waals surface area contributed by atoms with E-state index in [4.69, 9.17) is 13.9 Å². The Morgan fingerprint density at radius 3 is 2.84 bits per heavy atom. The Balaban J connectivity index is 1.24. The summed E-state index contributed by atoms with van der Waals surface area (Å²) >= 11 is 0. The number of carbonyl (C=O) groups excluding carboxylic acids is 2. The van der Waals surface area contributed by atoms with Gasteiger partial charge in [0.1, 0.15) is 11.5 Å². The van der Waals surface area contributed by atoms with Crippen molar-refractivity contribution < 1.29 is 23.5 Å². The molecule has 3 aliphatic rings. The summed E-state index contributed by atoms with van der Waals surface area (Å²) in [6.45, 7) is 1.03. The van der Waals surface area contributed by atoms with E-state index in [1.54, 1.807) is 24.3 Å². The van der Waals surface area contributed by atoms with Crippen molar-refractivity contribution in [1.29, 1.82) is 0 Å². The molecule has 0 radical (unpaired) electrons. The minimum atomic E-state index is -1.36. The number of fused-ring (bicyclic) bond motifs is 3. The largest absolute Gasteiger partial charge is 0.497 e. The van der Waals surface area contributed by atoms with E-state index in [1.807, 2.05) is 54.6 Å². The van der Waals surface area contributed by atoms with E-state index in [0.717, 1.165) is 22.2 Å². The highest BCUT2D eigenvalue weighted by Gasteiger charge is 2.59. The Morgan fingerprint density at radius 1 is 1.13 bits per heavy atom. The number of rotatable bonds is 7. The summed E-state index contributed by atoms with van der Waals surface area (Å²) in [5.41, 5.74) is 2.43. The molecule has 0 spiro atoms. The lowest BCUT2D eigenvalue weighted by atomic mass is 9.91. The van der Waals surface area contributed by atoms with Crippen molar-refractivity contribution in [2.75, 3.05) is 19.0 Å². The van der Waals surface area contributed by atoms with Crippen molar-refractivity contribution in [3.8, 4) is 5.75 Å². The normalized spacial score (nSPS) is 23.7. The lowest BCUT2D eigenvalue weighted by molar-refractivity contribution is -0.131. The van der Waals surface area contributed by atoms with E-state index < -0.39 is 11.8 Å². The van der Waals surface area contributed by atoms with Gasteiger partial charge in [0.2, 0.25) is 5.71 Å². The Morgan fingerprint density at radius 2 is 2.00 bits per heavy atom. The molecule has 10 heteroatoms. The molecule has 2 saturated heterocycles. The van der Waals surface area contributed by atoms with Gasteiger partial charge in [-0.2, -0.15) is 0 Å². The number of epoxide rings is 1. The zero-order valence-electron chi connectivity index (χ0n) is 20.6. The average Bonchev–Trinajstić information content (AvgIpc) is 3.40. The first kappa shape index (κ1) is 22.8. The first-order valence-electron chi connectivity index (χ1n) is 12.4. The number of ether oxygens (including phenoxy) is 2. The smallest absolute Gasteiger partial charge is 0.254 e. The molecule has 2 amide bonds. The van der Waals surface area contributed by atoms with E-state index in [2.05, 4.69) is 20.9 Å².